The van der Waals surface area contributed by atoms with E-state index in [9.17, 15) is 9.59 Å². The number of esters is 1. The molecule has 0 radical (unpaired) electrons. The SMILES string of the molecule is Cc1cc(OCC(=O)OCC(=O)N(CCC#N)Cc2ccco2)ccc1Cl. The third-order valence-electron chi connectivity index (χ3n) is 3.62. The average Bonchev–Trinajstić information content (AvgIpc) is 3.17. The average molecular weight is 391 g/mol. The second-order valence-electron chi connectivity index (χ2n) is 5.66. The molecular formula is C19H19ClN2O5. The third-order valence-corrected chi connectivity index (χ3v) is 4.04. The van der Waals surface area contributed by atoms with Crippen LogP contribution in [0.3, 0.4) is 0 Å². The van der Waals surface area contributed by atoms with Crippen molar-refractivity contribution in [2.75, 3.05) is 19.8 Å². The molecule has 0 aliphatic rings. The highest BCUT2D eigenvalue weighted by Gasteiger charge is 2.17. The standard InChI is InChI=1S/C19H19ClN2O5/c1-14-10-15(5-6-17(14)20)26-13-19(24)27-12-18(23)22(8-3-7-21)11-16-4-2-9-25-16/h2,4-6,9-10H,3,8,11-13H2,1H3. The molecule has 27 heavy (non-hydrogen) atoms. The van der Waals surface area contributed by atoms with Crippen LogP contribution in [0.5, 0.6) is 5.75 Å². The summed E-state index contributed by atoms with van der Waals surface area (Å²) in [7, 11) is 0. The van der Waals surface area contributed by atoms with Crippen molar-refractivity contribution in [3.63, 3.8) is 0 Å². The van der Waals surface area contributed by atoms with Crippen molar-refractivity contribution >= 4 is 23.5 Å². The maximum Gasteiger partial charge on any atom is 0.344 e. The van der Waals surface area contributed by atoms with Gasteiger partial charge in [0.25, 0.3) is 5.91 Å². The maximum atomic E-state index is 12.3. The lowest BCUT2D eigenvalue weighted by Gasteiger charge is -2.20. The summed E-state index contributed by atoms with van der Waals surface area (Å²) in [6.45, 7) is 1.47. The van der Waals surface area contributed by atoms with Crippen LogP contribution in [0.25, 0.3) is 0 Å². The summed E-state index contributed by atoms with van der Waals surface area (Å²) in [5, 5.41) is 9.34. The Bertz CT molecular complexity index is 814. The van der Waals surface area contributed by atoms with Gasteiger partial charge in [0.15, 0.2) is 13.2 Å². The Kier molecular flexibility index (Phi) is 7.71. The molecule has 0 fully saturated rings. The van der Waals surface area contributed by atoms with Crippen molar-refractivity contribution < 1.29 is 23.5 Å². The van der Waals surface area contributed by atoms with Gasteiger partial charge in [-0.15, -0.1) is 0 Å². The van der Waals surface area contributed by atoms with Crippen LogP contribution >= 0.6 is 11.6 Å². The van der Waals surface area contributed by atoms with Gasteiger partial charge < -0.3 is 18.8 Å². The van der Waals surface area contributed by atoms with Crippen LogP contribution in [0.1, 0.15) is 17.7 Å². The molecular weight excluding hydrogens is 372 g/mol. The van der Waals surface area contributed by atoms with Crippen molar-refractivity contribution in [3.05, 3.63) is 52.9 Å². The van der Waals surface area contributed by atoms with Crippen molar-refractivity contribution in [1.82, 2.24) is 4.90 Å². The fraction of sp³-hybridized carbons (Fsp3) is 0.316. The molecule has 0 atom stereocenters. The van der Waals surface area contributed by atoms with E-state index in [1.165, 1.54) is 11.2 Å². The van der Waals surface area contributed by atoms with Crippen LogP contribution in [-0.2, 0) is 20.9 Å². The number of rotatable bonds is 9. The normalized spacial score (nSPS) is 10.1. The Morgan fingerprint density at radius 1 is 1.30 bits per heavy atom. The van der Waals surface area contributed by atoms with Gasteiger partial charge >= 0.3 is 5.97 Å². The highest BCUT2D eigenvalue weighted by molar-refractivity contribution is 6.31. The summed E-state index contributed by atoms with van der Waals surface area (Å²) in [5.41, 5.74) is 0.823. The summed E-state index contributed by atoms with van der Waals surface area (Å²) in [5.74, 6) is -0.0331. The van der Waals surface area contributed by atoms with Gasteiger partial charge in [-0.1, -0.05) is 11.6 Å². The maximum absolute atomic E-state index is 12.3. The lowest BCUT2D eigenvalue weighted by Crippen LogP contribution is -2.35. The number of nitrogens with zero attached hydrogens (tertiary/aromatic N) is 2. The largest absolute Gasteiger partial charge is 0.482 e. The van der Waals surface area contributed by atoms with E-state index in [1.807, 2.05) is 13.0 Å². The number of benzene rings is 1. The van der Waals surface area contributed by atoms with E-state index in [0.29, 0.717) is 16.5 Å². The van der Waals surface area contributed by atoms with E-state index in [0.717, 1.165) is 5.56 Å². The molecule has 0 aliphatic heterocycles. The number of hydrogen-bond donors (Lipinski definition) is 0. The minimum Gasteiger partial charge on any atom is -0.482 e. The number of hydrogen-bond acceptors (Lipinski definition) is 6. The topological polar surface area (TPSA) is 92.8 Å². The van der Waals surface area contributed by atoms with Crippen LogP contribution in [0.2, 0.25) is 5.02 Å². The zero-order valence-corrected chi connectivity index (χ0v) is 15.6. The Balaban J connectivity index is 1.81. The molecule has 7 nitrogen and oxygen atoms in total. The first kappa shape index (κ1) is 20.3. The van der Waals surface area contributed by atoms with E-state index in [1.54, 1.807) is 30.3 Å². The number of carbonyl (C=O) groups is 2. The highest BCUT2D eigenvalue weighted by atomic mass is 35.5. The van der Waals surface area contributed by atoms with Crippen LogP contribution < -0.4 is 4.74 Å². The van der Waals surface area contributed by atoms with Crippen molar-refractivity contribution in [3.8, 4) is 11.8 Å². The van der Waals surface area contributed by atoms with Gasteiger partial charge in [0.2, 0.25) is 0 Å². The van der Waals surface area contributed by atoms with Gasteiger partial charge in [-0.25, -0.2) is 4.79 Å². The van der Waals surface area contributed by atoms with Crippen LogP contribution in [0.15, 0.2) is 41.0 Å². The summed E-state index contributed by atoms with van der Waals surface area (Å²) in [6.07, 6.45) is 1.66. The van der Waals surface area contributed by atoms with Gasteiger partial charge in [0, 0.05) is 11.6 Å². The predicted molar refractivity (Wildman–Crippen MR) is 97.0 cm³/mol. The number of ether oxygens (including phenoxy) is 2. The third kappa shape index (κ3) is 6.68. The molecule has 2 aromatic rings. The van der Waals surface area contributed by atoms with E-state index < -0.39 is 18.5 Å². The molecule has 142 valence electrons. The van der Waals surface area contributed by atoms with Crippen molar-refractivity contribution in [2.24, 2.45) is 0 Å². The van der Waals surface area contributed by atoms with Gasteiger partial charge in [0.05, 0.1) is 25.3 Å². The molecule has 8 heteroatoms. The van der Waals surface area contributed by atoms with Crippen LogP contribution in [-0.4, -0.2) is 36.5 Å². The monoisotopic (exact) mass is 390 g/mol. The summed E-state index contributed by atoms with van der Waals surface area (Å²) >= 11 is 5.93. The number of carbonyl (C=O) groups excluding carboxylic acids is 2. The molecule has 0 spiro atoms. The number of halogens is 1. The zero-order chi connectivity index (χ0) is 19.6. The Hall–Kier alpha value is -2.98. The molecule has 0 saturated carbocycles. The van der Waals surface area contributed by atoms with Gasteiger partial charge in [0.1, 0.15) is 11.5 Å². The van der Waals surface area contributed by atoms with Gasteiger partial charge in [-0.3, -0.25) is 4.79 Å². The fourth-order valence-electron chi connectivity index (χ4n) is 2.19. The molecule has 2 rings (SSSR count). The Morgan fingerprint density at radius 2 is 2.11 bits per heavy atom. The lowest BCUT2D eigenvalue weighted by atomic mass is 10.2. The Labute approximate surface area is 162 Å². The smallest absolute Gasteiger partial charge is 0.344 e. The second kappa shape index (κ2) is 10.2. The van der Waals surface area contributed by atoms with E-state index in [4.69, 9.17) is 30.8 Å². The zero-order valence-electron chi connectivity index (χ0n) is 14.8. The van der Waals surface area contributed by atoms with E-state index in [2.05, 4.69) is 0 Å². The molecule has 0 aliphatic carbocycles. The number of amides is 1. The Morgan fingerprint density at radius 3 is 2.78 bits per heavy atom. The van der Waals surface area contributed by atoms with Crippen LogP contribution in [0.4, 0.5) is 0 Å². The quantitative estimate of drug-likeness (QED) is 0.611. The number of aryl methyl sites for hydroxylation is 1. The first-order valence-corrected chi connectivity index (χ1v) is 8.59. The fourth-order valence-corrected chi connectivity index (χ4v) is 2.31. The molecule has 1 heterocycles. The first-order valence-electron chi connectivity index (χ1n) is 8.21. The summed E-state index contributed by atoms with van der Waals surface area (Å²) in [4.78, 5) is 25.5. The van der Waals surface area contributed by atoms with Gasteiger partial charge in [-0.2, -0.15) is 5.26 Å². The molecule has 0 bridgehead atoms. The minimum absolute atomic E-state index is 0.166. The minimum atomic E-state index is -0.672. The van der Waals surface area contributed by atoms with Crippen molar-refractivity contribution in [1.29, 1.82) is 5.26 Å². The second-order valence-corrected chi connectivity index (χ2v) is 6.07. The van der Waals surface area contributed by atoms with Gasteiger partial charge in [-0.05, 0) is 42.8 Å². The molecule has 0 unspecified atom stereocenters. The predicted octanol–water partition coefficient (Wildman–Crippen LogP) is 3.11. The molecule has 1 aromatic carbocycles. The van der Waals surface area contributed by atoms with Crippen LogP contribution in [0, 0.1) is 18.3 Å². The number of furan rings is 1. The highest BCUT2D eigenvalue weighted by Crippen LogP contribution is 2.20. The molecule has 0 saturated heterocycles. The molecule has 1 amide bonds. The van der Waals surface area contributed by atoms with E-state index >= 15 is 0 Å². The number of nitriles is 1. The lowest BCUT2D eigenvalue weighted by molar-refractivity contribution is -0.154. The first-order chi connectivity index (χ1) is 13.0. The summed E-state index contributed by atoms with van der Waals surface area (Å²) in [6, 6.07) is 10.4. The summed E-state index contributed by atoms with van der Waals surface area (Å²) < 4.78 is 15.5. The van der Waals surface area contributed by atoms with Crippen molar-refractivity contribution in [2.45, 2.75) is 19.9 Å². The molecule has 1 aromatic heterocycles. The van der Waals surface area contributed by atoms with E-state index in [-0.39, 0.29) is 26.1 Å². The molecule has 0 N–H and O–H groups in total.